The van der Waals surface area contributed by atoms with Crippen molar-refractivity contribution in [1.29, 1.82) is 0 Å². The van der Waals surface area contributed by atoms with E-state index in [0.717, 1.165) is 33.5 Å². The number of hydrogen-bond donors (Lipinski definition) is 0. The summed E-state index contributed by atoms with van der Waals surface area (Å²) in [5, 5.41) is 5.27. The van der Waals surface area contributed by atoms with Gasteiger partial charge in [-0.05, 0) is 62.6 Å². The molecule has 1 aliphatic rings. The Labute approximate surface area is 198 Å². The van der Waals surface area contributed by atoms with Gasteiger partial charge in [-0.3, -0.25) is 4.79 Å². The van der Waals surface area contributed by atoms with Crippen LogP contribution >= 0.6 is 0 Å². The number of hydrogen-bond acceptors (Lipinski definition) is 5. The smallest absolute Gasteiger partial charge is 0.337 e. The zero-order valence-corrected chi connectivity index (χ0v) is 19.7. The van der Waals surface area contributed by atoms with Crippen LogP contribution in [-0.4, -0.2) is 40.3 Å². The first kappa shape index (κ1) is 21.8. The van der Waals surface area contributed by atoms with E-state index in [1.54, 1.807) is 17.2 Å². The highest BCUT2D eigenvalue weighted by Crippen LogP contribution is 2.34. The van der Waals surface area contributed by atoms with Crippen molar-refractivity contribution >= 4 is 28.6 Å². The number of aromatic nitrogens is 3. The number of nitrogens with zero attached hydrogens (tertiary/aromatic N) is 4. The fourth-order valence-corrected chi connectivity index (χ4v) is 4.57. The summed E-state index contributed by atoms with van der Waals surface area (Å²) in [4.78, 5) is 32.5. The predicted octanol–water partition coefficient (Wildman–Crippen LogP) is 4.98. The lowest BCUT2D eigenvalue weighted by Crippen LogP contribution is -2.29. The molecule has 0 N–H and O–H groups in total. The van der Waals surface area contributed by atoms with E-state index in [0.29, 0.717) is 29.7 Å². The molecule has 0 atom stereocenters. The molecule has 0 saturated carbocycles. The first-order chi connectivity index (χ1) is 16.4. The van der Waals surface area contributed by atoms with Gasteiger partial charge in [0.25, 0.3) is 5.91 Å². The van der Waals surface area contributed by atoms with Gasteiger partial charge in [0.05, 0.1) is 35.5 Å². The minimum absolute atomic E-state index is 0.101. The van der Waals surface area contributed by atoms with Crippen LogP contribution in [0.5, 0.6) is 0 Å². The quantitative estimate of drug-likeness (QED) is 0.407. The molecule has 4 aromatic rings. The molecule has 34 heavy (non-hydrogen) atoms. The van der Waals surface area contributed by atoms with E-state index in [1.807, 2.05) is 67.9 Å². The average molecular weight is 455 g/mol. The maximum atomic E-state index is 13.9. The highest BCUT2D eigenvalue weighted by atomic mass is 16.5. The molecule has 2 aromatic carbocycles. The molecule has 1 amide bonds. The number of ether oxygens (including phenoxy) is 1. The lowest BCUT2D eigenvalue weighted by Gasteiger charge is -2.19. The summed E-state index contributed by atoms with van der Waals surface area (Å²) >= 11 is 0. The molecule has 7 nitrogen and oxygen atoms in total. The maximum absolute atomic E-state index is 13.9. The van der Waals surface area contributed by atoms with E-state index in [2.05, 4.69) is 5.10 Å². The second-order valence-electron chi connectivity index (χ2n) is 8.83. The van der Waals surface area contributed by atoms with Crippen molar-refractivity contribution in [2.45, 2.75) is 33.2 Å². The summed E-state index contributed by atoms with van der Waals surface area (Å²) < 4.78 is 6.69. The Bertz CT molecular complexity index is 1440. The van der Waals surface area contributed by atoms with Crippen LogP contribution in [0.15, 0.2) is 54.7 Å². The predicted molar refractivity (Wildman–Crippen MR) is 131 cm³/mol. The number of anilines is 1. The minimum Gasteiger partial charge on any atom is -0.465 e. The molecule has 0 radical (unpaired) electrons. The van der Waals surface area contributed by atoms with Crippen LogP contribution in [-0.2, 0) is 11.2 Å². The second kappa shape index (κ2) is 8.41. The number of rotatable bonds is 4. The van der Waals surface area contributed by atoms with Crippen LogP contribution in [0.4, 0.5) is 5.69 Å². The molecule has 0 fully saturated rings. The number of pyridine rings is 1. The van der Waals surface area contributed by atoms with Gasteiger partial charge in [0.15, 0.2) is 5.65 Å². The average Bonchev–Trinajstić information content (AvgIpc) is 3.46. The Hall–Kier alpha value is -4.00. The molecule has 0 saturated heterocycles. The molecule has 5 rings (SSSR count). The lowest BCUT2D eigenvalue weighted by molar-refractivity contribution is 0.0600. The van der Waals surface area contributed by atoms with Gasteiger partial charge in [0.1, 0.15) is 0 Å². The summed E-state index contributed by atoms with van der Waals surface area (Å²) in [6.07, 6.45) is 2.41. The Morgan fingerprint density at radius 3 is 2.62 bits per heavy atom. The Kier molecular flexibility index (Phi) is 5.40. The zero-order valence-electron chi connectivity index (χ0n) is 19.7. The van der Waals surface area contributed by atoms with Crippen molar-refractivity contribution < 1.29 is 14.3 Å². The number of carbonyl (C=O) groups is 2. The maximum Gasteiger partial charge on any atom is 0.337 e. The lowest BCUT2D eigenvalue weighted by atomic mass is 10.0. The molecule has 1 aliphatic heterocycles. The summed E-state index contributed by atoms with van der Waals surface area (Å²) in [5.41, 5.74) is 6.35. The molecule has 0 unspecified atom stereocenters. The van der Waals surface area contributed by atoms with E-state index < -0.39 is 0 Å². The van der Waals surface area contributed by atoms with Crippen LogP contribution in [0.25, 0.3) is 22.3 Å². The molecule has 7 heteroatoms. The number of methoxy groups -OCH3 is 1. The first-order valence-corrected chi connectivity index (χ1v) is 11.4. The normalized spacial score (nSPS) is 12.9. The van der Waals surface area contributed by atoms with E-state index >= 15 is 0 Å². The van der Waals surface area contributed by atoms with Crippen LogP contribution in [0, 0.1) is 6.92 Å². The van der Waals surface area contributed by atoms with Crippen molar-refractivity contribution in [3.05, 3.63) is 77.0 Å². The number of aryl methyl sites for hydroxylation is 1. The van der Waals surface area contributed by atoms with E-state index in [9.17, 15) is 9.59 Å². The summed E-state index contributed by atoms with van der Waals surface area (Å²) in [6.45, 7) is 6.68. The highest BCUT2D eigenvalue weighted by molar-refractivity contribution is 6.14. The monoisotopic (exact) mass is 454 g/mol. The minimum atomic E-state index is -0.382. The van der Waals surface area contributed by atoms with Gasteiger partial charge in [0, 0.05) is 23.8 Å². The topological polar surface area (TPSA) is 77.3 Å². The van der Waals surface area contributed by atoms with E-state index in [4.69, 9.17) is 9.72 Å². The Morgan fingerprint density at radius 1 is 1.09 bits per heavy atom. The summed E-state index contributed by atoms with van der Waals surface area (Å²) in [7, 11) is 1.36. The fourth-order valence-electron chi connectivity index (χ4n) is 4.57. The number of esters is 1. The molecule has 0 aliphatic carbocycles. The van der Waals surface area contributed by atoms with Crippen molar-refractivity contribution in [2.75, 3.05) is 18.6 Å². The summed E-state index contributed by atoms with van der Waals surface area (Å²) in [6, 6.07) is 15.3. The third kappa shape index (κ3) is 3.53. The van der Waals surface area contributed by atoms with Gasteiger partial charge in [-0.1, -0.05) is 24.3 Å². The number of fused-ring (bicyclic) bond motifs is 2. The van der Waals surface area contributed by atoms with Crippen LogP contribution in [0.1, 0.15) is 51.7 Å². The number of amides is 1. The van der Waals surface area contributed by atoms with Crippen molar-refractivity contribution in [1.82, 2.24) is 14.8 Å². The molecule has 0 bridgehead atoms. The second-order valence-corrected chi connectivity index (χ2v) is 8.83. The van der Waals surface area contributed by atoms with E-state index in [1.165, 1.54) is 7.11 Å². The van der Waals surface area contributed by atoms with Gasteiger partial charge in [-0.25, -0.2) is 14.5 Å². The van der Waals surface area contributed by atoms with Gasteiger partial charge >= 0.3 is 5.97 Å². The summed E-state index contributed by atoms with van der Waals surface area (Å²) in [5.74, 6) is -0.484. The molecule has 0 spiro atoms. The third-order valence-electron chi connectivity index (χ3n) is 6.35. The largest absolute Gasteiger partial charge is 0.465 e. The third-order valence-corrected chi connectivity index (χ3v) is 6.35. The highest BCUT2D eigenvalue weighted by Gasteiger charge is 2.29. The first-order valence-electron chi connectivity index (χ1n) is 11.4. The van der Waals surface area contributed by atoms with Gasteiger partial charge in [-0.15, -0.1) is 0 Å². The van der Waals surface area contributed by atoms with Gasteiger partial charge in [-0.2, -0.15) is 5.10 Å². The fraction of sp³-hybridized carbons (Fsp3) is 0.259. The van der Waals surface area contributed by atoms with Crippen molar-refractivity contribution in [3.63, 3.8) is 0 Å². The number of carbonyl (C=O) groups excluding carboxylic acids is 2. The van der Waals surface area contributed by atoms with Gasteiger partial charge in [0.2, 0.25) is 0 Å². The molecule has 172 valence electrons. The van der Waals surface area contributed by atoms with Gasteiger partial charge < -0.3 is 9.64 Å². The van der Waals surface area contributed by atoms with E-state index in [-0.39, 0.29) is 17.9 Å². The standard InChI is InChI=1S/C27H26N4O3/c1-16(2)31-25-22(15-28-31)21(14-23(29-25)20-8-6-5-7-17(20)3)26(32)30-12-11-18-13-19(27(33)34-4)9-10-24(18)30/h5-10,13-16H,11-12H2,1-4H3. The van der Waals surface area contributed by atoms with Crippen molar-refractivity contribution in [2.24, 2.45) is 0 Å². The molecular weight excluding hydrogens is 428 g/mol. The molecule has 2 aromatic heterocycles. The Balaban J connectivity index is 1.64. The Morgan fingerprint density at radius 2 is 1.88 bits per heavy atom. The van der Waals surface area contributed by atoms with Crippen LogP contribution in [0.3, 0.4) is 0 Å². The SMILES string of the molecule is COC(=O)c1ccc2c(c1)CCN2C(=O)c1cc(-c2ccccc2C)nc2c1cnn2C(C)C. The number of benzene rings is 2. The van der Waals surface area contributed by atoms with Crippen LogP contribution in [0.2, 0.25) is 0 Å². The zero-order chi connectivity index (χ0) is 24.0. The van der Waals surface area contributed by atoms with Crippen molar-refractivity contribution in [3.8, 4) is 11.3 Å². The molecular formula is C27H26N4O3. The molecule has 3 heterocycles. The van der Waals surface area contributed by atoms with Crippen LogP contribution < -0.4 is 4.90 Å².